The number of nitrogens with one attached hydrogen (secondary N) is 1. The minimum Gasteiger partial charge on any atom is -0.333 e. The van der Waals surface area contributed by atoms with Crippen LogP contribution in [0.1, 0.15) is 104 Å². The monoisotopic (exact) mass is 308 g/mol. The predicted octanol–water partition coefficient (Wildman–Crippen LogP) is 5.00. The molecule has 0 bridgehead atoms. The normalized spacial score (nSPS) is 27.4. The summed E-state index contributed by atoms with van der Waals surface area (Å²) in [6.45, 7) is 7.57. The Morgan fingerprint density at radius 1 is 0.682 bits per heavy atom. The summed E-state index contributed by atoms with van der Waals surface area (Å²) in [5.41, 5.74) is 0. The van der Waals surface area contributed by atoms with Gasteiger partial charge in [-0.2, -0.15) is 0 Å². The Hall–Kier alpha value is -0.0400. The van der Waals surface area contributed by atoms with Crippen LogP contribution in [0.2, 0.25) is 0 Å². The summed E-state index contributed by atoms with van der Waals surface area (Å²) in [6.07, 6.45) is 21.0. The molecule has 1 nitrogen and oxygen atoms in total. The fourth-order valence-corrected chi connectivity index (χ4v) is 5.04. The van der Waals surface area contributed by atoms with Crippen LogP contribution in [0.25, 0.3) is 0 Å². The molecule has 0 aliphatic heterocycles. The summed E-state index contributed by atoms with van der Waals surface area (Å²) in [6, 6.07) is 1.00. The van der Waals surface area contributed by atoms with Gasteiger partial charge in [-0.05, 0) is 56.8 Å². The first kappa shape index (κ1) is 18.3. The molecule has 130 valence electrons. The van der Waals surface area contributed by atoms with E-state index in [0.29, 0.717) is 0 Å². The Kier molecular flexibility index (Phi) is 8.89. The van der Waals surface area contributed by atoms with Crippen molar-refractivity contribution in [3.05, 3.63) is 0 Å². The van der Waals surface area contributed by atoms with E-state index in [1.165, 1.54) is 70.9 Å². The molecule has 0 radical (unpaired) electrons. The van der Waals surface area contributed by atoms with Crippen LogP contribution in [0, 0.1) is 11.8 Å². The van der Waals surface area contributed by atoms with Crippen LogP contribution in [0.3, 0.4) is 0 Å². The van der Waals surface area contributed by atoms with Crippen LogP contribution in [0.15, 0.2) is 0 Å². The highest BCUT2D eigenvalue weighted by Gasteiger charge is 2.29. The highest BCUT2D eigenvalue weighted by molar-refractivity contribution is 4.76. The summed E-state index contributed by atoms with van der Waals surface area (Å²) in [7, 11) is 0. The van der Waals surface area contributed by atoms with E-state index in [2.05, 4.69) is 13.8 Å². The number of unbranched alkanes of at least 4 members (excludes halogenated alkanes) is 2. The van der Waals surface area contributed by atoms with Crippen molar-refractivity contribution in [1.29, 1.82) is 0 Å². The average molecular weight is 309 g/mol. The minimum atomic E-state index is 1.00. The van der Waals surface area contributed by atoms with Gasteiger partial charge in [-0.3, -0.25) is 0 Å². The van der Waals surface area contributed by atoms with Crippen LogP contribution in [-0.2, 0) is 0 Å². The van der Waals surface area contributed by atoms with Gasteiger partial charge in [0.2, 0.25) is 0 Å². The predicted molar refractivity (Wildman–Crippen MR) is 97.5 cm³/mol. The molecular formula is C21H42N+. The molecule has 0 amide bonds. The third-order valence-corrected chi connectivity index (χ3v) is 6.52. The van der Waals surface area contributed by atoms with Crippen molar-refractivity contribution in [2.45, 2.75) is 110 Å². The van der Waals surface area contributed by atoms with Crippen LogP contribution < -0.4 is 4.90 Å². The maximum Gasteiger partial charge on any atom is 0.0874 e. The van der Waals surface area contributed by atoms with Crippen molar-refractivity contribution in [1.82, 2.24) is 0 Å². The zero-order chi connectivity index (χ0) is 15.6. The third-order valence-electron chi connectivity index (χ3n) is 6.52. The molecule has 0 saturated heterocycles. The third kappa shape index (κ3) is 6.22. The van der Waals surface area contributed by atoms with Gasteiger partial charge < -0.3 is 4.90 Å². The second-order valence-electron chi connectivity index (χ2n) is 8.32. The maximum absolute atomic E-state index is 2.35. The van der Waals surface area contributed by atoms with Crippen molar-refractivity contribution >= 4 is 0 Å². The molecule has 0 aromatic heterocycles. The van der Waals surface area contributed by atoms with Crippen molar-refractivity contribution < 1.29 is 4.90 Å². The summed E-state index contributed by atoms with van der Waals surface area (Å²) < 4.78 is 0. The van der Waals surface area contributed by atoms with Crippen LogP contribution in [0.5, 0.6) is 0 Å². The number of quaternary nitrogens is 1. The quantitative estimate of drug-likeness (QED) is 0.611. The van der Waals surface area contributed by atoms with Gasteiger partial charge in [0.1, 0.15) is 0 Å². The Morgan fingerprint density at radius 2 is 1.23 bits per heavy atom. The number of hydrogen-bond acceptors (Lipinski definition) is 0. The van der Waals surface area contributed by atoms with Gasteiger partial charge in [-0.15, -0.1) is 0 Å². The van der Waals surface area contributed by atoms with Crippen LogP contribution >= 0.6 is 0 Å². The summed E-state index contributed by atoms with van der Waals surface area (Å²) in [4.78, 5) is 1.96. The molecule has 0 aromatic rings. The molecule has 22 heavy (non-hydrogen) atoms. The molecule has 1 N–H and O–H groups in total. The Bertz CT molecular complexity index is 253. The molecule has 2 fully saturated rings. The molecule has 2 aliphatic carbocycles. The molecule has 0 unspecified atom stereocenters. The number of rotatable bonds is 9. The lowest BCUT2D eigenvalue weighted by molar-refractivity contribution is -0.927. The second-order valence-corrected chi connectivity index (χ2v) is 8.32. The Labute approximate surface area is 140 Å². The summed E-state index contributed by atoms with van der Waals surface area (Å²) >= 11 is 0. The van der Waals surface area contributed by atoms with Crippen LogP contribution in [-0.4, -0.2) is 19.1 Å². The topological polar surface area (TPSA) is 4.44 Å². The van der Waals surface area contributed by atoms with Crippen molar-refractivity contribution in [3.8, 4) is 0 Å². The smallest absolute Gasteiger partial charge is 0.0874 e. The van der Waals surface area contributed by atoms with Gasteiger partial charge in [0.25, 0.3) is 0 Å². The van der Waals surface area contributed by atoms with E-state index in [9.17, 15) is 0 Å². The van der Waals surface area contributed by atoms with E-state index in [1.54, 1.807) is 32.1 Å². The summed E-state index contributed by atoms with van der Waals surface area (Å²) in [5, 5.41) is 0. The first-order valence-corrected chi connectivity index (χ1v) is 10.7. The van der Waals surface area contributed by atoms with Crippen molar-refractivity contribution in [3.63, 3.8) is 0 Å². The molecule has 0 atom stereocenters. The van der Waals surface area contributed by atoms with E-state index in [4.69, 9.17) is 0 Å². The summed E-state index contributed by atoms with van der Waals surface area (Å²) in [5.74, 6) is 2.18. The standard InChI is InChI=1S/C21H41N/c1-3-5-16-22(17-6-4-2)21-14-12-20(13-15-21)18-19-10-8-7-9-11-19/h19-21H,3-18H2,1-2H3/p+1. The highest BCUT2D eigenvalue weighted by Crippen LogP contribution is 2.34. The van der Waals surface area contributed by atoms with Crippen LogP contribution in [0.4, 0.5) is 0 Å². The van der Waals surface area contributed by atoms with E-state index < -0.39 is 0 Å². The fourth-order valence-electron chi connectivity index (χ4n) is 5.04. The maximum atomic E-state index is 2.35. The highest BCUT2D eigenvalue weighted by atomic mass is 15.1. The van der Waals surface area contributed by atoms with Crippen molar-refractivity contribution in [2.75, 3.05) is 13.1 Å². The first-order chi connectivity index (χ1) is 10.8. The van der Waals surface area contributed by atoms with E-state index in [0.717, 1.165) is 17.9 Å². The van der Waals surface area contributed by atoms with Gasteiger partial charge in [0.05, 0.1) is 19.1 Å². The first-order valence-electron chi connectivity index (χ1n) is 10.7. The Morgan fingerprint density at radius 3 is 1.77 bits per heavy atom. The fraction of sp³-hybridized carbons (Fsp3) is 1.00. The van der Waals surface area contributed by atoms with Gasteiger partial charge >= 0.3 is 0 Å². The lowest BCUT2D eigenvalue weighted by atomic mass is 9.76. The lowest BCUT2D eigenvalue weighted by Gasteiger charge is -2.36. The minimum absolute atomic E-state index is 1.00. The van der Waals surface area contributed by atoms with E-state index in [-0.39, 0.29) is 0 Å². The number of hydrogen-bond donors (Lipinski definition) is 1. The molecule has 2 aliphatic rings. The average Bonchev–Trinajstić information content (AvgIpc) is 2.57. The molecule has 0 aromatic carbocycles. The van der Waals surface area contributed by atoms with Crippen molar-refractivity contribution in [2.24, 2.45) is 11.8 Å². The van der Waals surface area contributed by atoms with Gasteiger partial charge in [0.15, 0.2) is 0 Å². The van der Waals surface area contributed by atoms with Gasteiger partial charge in [0, 0.05) is 0 Å². The molecular weight excluding hydrogens is 266 g/mol. The molecule has 1 heteroatoms. The molecule has 0 spiro atoms. The largest absolute Gasteiger partial charge is 0.333 e. The van der Waals surface area contributed by atoms with E-state index >= 15 is 0 Å². The van der Waals surface area contributed by atoms with Gasteiger partial charge in [-0.1, -0.05) is 58.8 Å². The molecule has 2 saturated carbocycles. The molecule has 0 heterocycles. The SMILES string of the molecule is CCCC[NH+](CCCC)C1CCC(CC2CCCCC2)CC1. The van der Waals surface area contributed by atoms with E-state index in [1.807, 2.05) is 4.90 Å². The zero-order valence-electron chi connectivity index (χ0n) is 15.5. The second kappa shape index (κ2) is 10.7. The van der Waals surface area contributed by atoms with Gasteiger partial charge in [-0.25, -0.2) is 0 Å². The lowest BCUT2D eigenvalue weighted by Crippen LogP contribution is -3.16. The molecule has 2 rings (SSSR count). The Balaban J connectivity index is 1.70. The zero-order valence-corrected chi connectivity index (χ0v) is 15.5.